The van der Waals surface area contributed by atoms with Crippen LogP contribution in [0.15, 0.2) is 42.6 Å². The number of nitrogens with one attached hydrogen (secondary N) is 1. The van der Waals surface area contributed by atoms with E-state index in [2.05, 4.69) is 28.3 Å². The smallest absolute Gasteiger partial charge is 0.323 e. The Morgan fingerprint density at radius 3 is 2.81 bits per heavy atom. The predicted octanol–water partition coefficient (Wildman–Crippen LogP) is 3.63. The number of ether oxygens (including phenoxy) is 1. The van der Waals surface area contributed by atoms with Crippen LogP contribution < -0.4 is 15.8 Å². The lowest BCUT2D eigenvalue weighted by molar-refractivity contribution is 0.251. The van der Waals surface area contributed by atoms with Gasteiger partial charge in [-0.1, -0.05) is 0 Å². The van der Waals surface area contributed by atoms with Gasteiger partial charge in [-0.05, 0) is 57.1 Å². The average Bonchev–Trinajstić information content (AvgIpc) is 3.41. The highest BCUT2D eigenvalue weighted by Gasteiger charge is 2.29. The van der Waals surface area contributed by atoms with Crippen LogP contribution in [-0.2, 0) is 13.1 Å². The van der Waals surface area contributed by atoms with Crippen LogP contribution in [0.2, 0.25) is 0 Å². The molecule has 1 aliphatic rings. The maximum atomic E-state index is 12.3. The fourth-order valence-electron chi connectivity index (χ4n) is 4.00. The van der Waals surface area contributed by atoms with Crippen molar-refractivity contribution < 1.29 is 9.53 Å². The zero-order valence-electron chi connectivity index (χ0n) is 18.1. The molecule has 1 aromatic carbocycles. The van der Waals surface area contributed by atoms with Crippen LogP contribution in [0, 0.1) is 0 Å². The Kier molecular flexibility index (Phi) is 5.10. The number of carbonyl (C=O) groups excluding carboxylic acids is 1. The Hall–Kier alpha value is -3.72. The first-order valence-electron chi connectivity index (χ1n) is 10.7. The van der Waals surface area contributed by atoms with Gasteiger partial charge in [0.25, 0.3) is 0 Å². The molecule has 5 rings (SSSR count). The van der Waals surface area contributed by atoms with Gasteiger partial charge < -0.3 is 15.8 Å². The molecule has 3 N–H and O–H groups in total. The van der Waals surface area contributed by atoms with Crippen molar-refractivity contribution >= 4 is 16.9 Å². The second-order valence-electron chi connectivity index (χ2n) is 7.91. The van der Waals surface area contributed by atoms with E-state index in [0.29, 0.717) is 41.1 Å². The average molecular weight is 432 g/mol. The van der Waals surface area contributed by atoms with Crippen LogP contribution in [0.3, 0.4) is 0 Å². The van der Waals surface area contributed by atoms with E-state index in [1.54, 1.807) is 18.3 Å². The topological polar surface area (TPSA) is 113 Å². The number of primary amides is 1. The molecule has 0 unspecified atom stereocenters. The summed E-state index contributed by atoms with van der Waals surface area (Å²) in [5, 5.41) is 8.60. The first-order valence-corrected chi connectivity index (χ1v) is 10.7. The Morgan fingerprint density at radius 1 is 1.25 bits per heavy atom. The molecule has 1 saturated carbocycles. The van der Waals surface area contributed by atoms with E-state index < -0.39 is 6.03 Å². The highest BCUT2D eigenvalue weighted by Crippen LogP contribution is 2.42. The fourth-order valence-corrected chi connectivity index (χ4v) is 4.00. The van der Waals surface area contributed by atoms with Crippen LogP contribution in [0.25, 0.3) is 22.3 Å². The molecule has 0 aliphatic heterocycles. The predicted molar refractivity (Wildman–Crippen MR) is 121 cm³/mol. The number of aryl methyl sites for hydroxylation is 1. The van der Waals surface area contributed by atoms with Gasteiger partial charge in [0.05, 0.1) is 17.8 Å². The van der Waals surface area contributed by atoms with Crippen molar-refractivity contribution in [3.8, 4) is 23.0 Å². The number of nitrogens with two attached hydrogens (primary N) is 1. The normalized spacial score (nSPS) is 13.6. The Bertz CT molecular complexity index is 1300. The van der Waals surface area contributed by atoms with Gasteiger partial charge >= 0.3 is 6.03 Å². The van der Waals surface area contributed by atoms with Gasteiger partial charge in [-0.15, -0.1) is 0 Å². The first kappa shape index (κ1) is 20.2. The number of nitrogens with zero attached hydrogens (tertiary/aromatic N) is 5. The van der Waals surface area contributed by atoms with Gasteiger partial charge in [-0.2, -0.15) is 10.1 Å². The molecule has 0 bridgehead atoms. The zero-order chi connectivity index (χ0) is 22.2. The van der Waals surface area contributed by atoms with Crippen LogP contribution in [0.1, 0.15) is 37.2 Å². The third kappa shape index (κ3) is 3.71. The molecule has 1 amide bonds. The highest BCUT2D eigenvalue weighted by atomic mass is 16.5. The lowest BCUT2D eigenvalue weighted by Crippen LogP contribution is -2.20. The van der Waals surface area contributed by atoms with Crippen LogP contribution in [0.4, 0.5) is 4.79 Å². The number of hydrogen-bond donors (Lipinski definition) is 2. The summed E-state index contributed by atoms with van der Waals surface area (Å²) >= 11 is 0. The molecule has 9 nitrogen and oxygen atoms in total. The number of rotatable bonds is 7. The summed E-state index contributed by atoms with van der Waals surface area (Å²) < 4.78 is 9.47. The van der Waals surface area contributed by atoms with E-state index in [9.17, 15) is 4.79 Å². The van der Waals surface area contributed by atoms with Crippen LogP contribution in [0.5, 0.6) is 11.6 Å². The number of benzene rings is 1. The summed E-state index contributed by atoms with van der Waals surface area (Å²) in [4.78, 5) is 20.9. The van der Waals surface area contributed by atoms with Crippen molar-refractivity contribution in [3.63, 3.8) is 0 Å². The molecule has 0 radical (unpaired) electrons. The molecule has 32 heavy (non-hydrogen) atoms. The van der Waals surface area contributed by atoms with Crippen LogP contribution in [-0.4, -0.2) is 37.4 Å². The summed E-state index contributed by atoms with van der Waals surface area (Å²) in [6.45, 7) is 3.41. The second-order valence-corrected chi connectivity index (χ2v) is 7.91. The quantitative estimate of drug-likeness (QED) is 0.462. The lowest BCUT2D eigenvalue weighted by Gasteiger charge is -2.07. The monoisotopic (exact) mass is 431 g/mol. The molecule has 9 heteroatoms. The lowest BCUT2D eigenvalue weighted by atomic mass is 10.2. The van der Waals surface area contributed by atoms with Gasteiger partial charge in [-0.25, -0.2) is 9.78 Å². The molecular formula is C23H25N7O2. The van der Waals surface area contributed by atoms with Gasteiger partial charge in [-0.3, -0.25) is 9.25 Å². The number of fused-ring (bicyclic) bond motifs is 1. The molecule has 3 heterocycles. The minimum Gasteiger partial charge on any atom is -0.439 e. The van der Waals surface area contributed by atoms with E-state index >= 15 is 0 Å². The number of aromatic nitrogens is 5. The minimum absolute atomic E-state index is 0.454. The molecule has 0 spiro atoms. The summed E-state index contributed by atoms with van der Waals surface area (Å²) in [7, 11) is 1.84. The molecule has 0 saturated heterocycles. The largest absolute Gasteiger partial charge is 0.439 e. The van der Waals surface area contributed by atoms with Crippen molar-refractivity contribution in [2.45, 2.75) is 38.8 Å². The molecule has 0 atom stereocenters. The van der Waals surface area contributed by atoms with Crippen molar-refractivity contribution in [1.82, 2.24) is 29.6 Å². The van der Waals surface area contributed by atoms with E-state index in [1.165, 1.54) is 23.1 Å². The number of amides is 1. The van der Waals surface area contributed by atoms with Gasteiger partial charge in [0.2, 0.25) is 5.88 Å². The molecular weight excluding hydrogens is 406 g/mol. The maximum absolute atomic E-state index is 12.3. The summed E-state index contributed by atoms with van der Waals surface area (Å²) in [5.74, 6) is 2.27. The fraction of sp³-hybridized carbons (Fsp3) is 0.304. The van der Waals surface area contributed by atoms with Gasteiger partial charge in [0.15, 0.2) is 0 Å². The van der Waals surface area contributed by atoms with Gasteiger partial charge in [0, 0.05) is 35.8 Å². The van der Waals surface area contributed by atoms with E-state index in [4.69, 9.17) is 15.6 Å². The molecule has 3 aromatic heterocycles. The summed E-state index contributed by atoms with van der Waals surface area (Å²) in [6, 6.07) is 10.7. The van der Waals surface area contributed by atoms with E-state index in [0.717, 1.165) is 17.6 Å². The Labute approximate surface area is 185 Å². The van der Waals surface area contributed by atoms with Crippen molar-refractivity contribution in [1.29, 1.82) is 0 Å². The molecule has 164 valence electrons. The first-order chi connectivity index (χ1) is 15.6. The summed E-state index contributed by atoms with van der Waals surface area (Å²) in [5.41, 5.74) is 9.10. The SMILES string of the molecule is CCn1nc(-c2cc3cc(Oc4ccnc(CNC)n4)ccc3n2C(N)=O)cc1C1CC1. The molecule has 1 aliphatic carbocycles. The zero-order valence-corrected chi connectivity index (χ0v) is 18.1. The van der Waals surface area contributed by atoms with Crippen LogP contribution >= 0.6 is 0 Å². The van der Waals surface area contributed by atoms with Gasteiger partial charge in [0.1, 0.15) is 17.3 Å². The maximum Gasteiger partial charge on any atom is 0.323 e. The van der Waals surface area contributed by atoms with Crippen molar-refractivity contribution in [3.05, 3.63) is 54.1 Å². The highest BCUT2D eigenvalue weighted by molar-refractivity contribution is 5.97. The second kappa shape index (κ2) is 8.08. The third-order valence-corrected chi connectivity index (χ3v) is 5.60. The van der Waals surface area contributed by atoms with E-state index in [1.807, 2.05) is 29.9 Å². The molecule has 4 aromatic rings. The van der Waals surface area contributed by atoms with E-state index in [-0.39, 0.29) is 0 Å². The molecule has 1 fully saturated rings. The number of hydrogen-bond acceptors (Lipinski definition) is 6. The minimum atomic E-state index is -0.546. The van der Waals surface area contributed by atoms with Crippen molar-refractivity contribution in [2.24, 2.45) is 5.73 Å². The van der Waals surface area contributed by atoms with Crippen molar-refractivity contribution in [2.75, 3.05) is 7.05 Å². The Balaban J connectivity index is 1.53. The third-order valence-electron chi connectivity index (χ3n) is 5.60. The standard InChI is InChI=1S/C23H25N7O2/c1-3-29-19(14-4-5-14)12-17(28-29)20-11-15-10-16(6-7-18(15)30(20)23(24)31)32-22-8-9-26-21(27-22)13-25-2/h6-12,14,25H,3-5,13H2,1-2H3,(H2,24,31). The summed E-state index contributed by atoms with van der Waals surface area (Å²) in [6.07, 6.45) is 4.03. The number of carbonyl (C=O) groups is 1. The Morgan fingerprint density at radius 2 is 2.09 bits per heavy atom.